The standard InChI is InChI=1S/C11H8BrF2NO3S2/c12-9-4-5-19-10(9)20(16,17)15-7-2-1-3-8(6-7)18-11(13)14/h1-6,11,15H. The molecular formula is C11H8BrF2NO3S2. The van der Waals surface area contributed by atoms with Gasteiger partial charge in [0.2, 0.25) is 0 Å². The molecule has 0 atom stereocenters. The van der Waals surface area contributed by atoms with Crippen LogP contribution >= 0.6 is 27.3 Å². The second-order valence-corrected chi connectivity index (χ2v) is 7.22. The van der Waals surface area contributed by atoms with Crippen molar-refractivity contribution in [2.24, 2.45) is 0 Å². The summed E-state index contributed by atoms with van der Waals surface area (Å²) in [5, 5.41) is 1.62. The average molecular weight is 384 g/mol. The molecule has 0 spiro atoms. The van der Waals surface area contributed by atoms with E-state index < -0.39 is 16.6 Å². The molecular weight excluding hydrogens is 376 g/mol. The highest BCUT2D eigenvalue weighted by Gasteiger charge is 2.19. The molecule has 0 saturated heterocycles. The molecule has 0 fully saturated rings. The fourth-order valence-electron chi connectivity index (χ4n) is 1.41. The first-order valence-corrected chi connectivity index (χ1v) is 8.35. The van der Waals surface area contributed by atoms with Gasteiger partial charge in [-0.3, -0.25) is 4.72 Å². The second-order valence-electron chi connectivity index (χ2n) is 3.57. The molecule has 1 N–H and O–H groups in total. The number of ether oxygens (including phenoxy) is 1. The first kappa shape index (κ1) is 15.2. The van der Waals surface area contributed by atoms with Gasteiger partial charge in [0.05, 0.1) is 5.69 Å². The first-order valence-electron chi connectivity index (χ1n) is 5.19. The quantitative estimate of drug-likeness (QED) is 0.851. The maximum Gasteiger partial charge on any atom is 0.387 e. The van der Waals surface area contributed by atoms with Gasteiger partial charge in [-0.1, -0.05) is 6.07 Å². The summed E-state index contributed by atoms with van der Waals surface area (Å²) in [5.41, 5.74) is 0.142. The van der Waals surface area contributed by atoms with Crippen LogP contribution in [0.15, 0.2) is 44.4 Å². The Morgan fingerprint density at radius 3 is 2.65 bits per heavy atom. The van der Waals surface area contributed by atoms with E-state index in [1.54, 1.807) is 11.4 Å². The van der Waals surface area contributed by atoms with Crippen molar-refractivity contribution in [2.75, 3.05) is 4.72 Å². The predicted octanol–water partition coefficient (Wildman–Crippen LogP) is 3.91. The highest BCUT2D eigenvalue weighted by Crippen LogP contribution is 2.30. The summed E-state index contributed by atoms with van der Waals surface area (Å²) in [4.78, 5) is 0. The number of sulfonamides is 1. The maximum atomic E-state index is 12.1. The average Bonchev–Trinajstić information content (AvgIpc) is 2.75. The van der Waals surface area contributed by atoms with Crippen LogP contribution in [0.3, 0.4) is 0 Å². The van der Waals surface area contributed by atoms with Gasteiger partial charge in [-0.05, 0) is 39.5 Å². The molecule has 20 heavy (non-hydrogen) atoms. The van der Waals surface area contributed by atoms with E-state index in [2.05, 4.69) is 25.4 Å². The van der Waals surface area contributed by atoms with Crippen LogP contribution in [0.5, 0.6) is 5.75 Å². The zero-order chi connectivity index (χ0) is 14.8. The Labute approximate surface area is 126 Å². The Bertz CT molecular complexity index is 703. The molecule has 108 valence electrons. The van der Waals surface area contributed by atoms with Gasteiger partial charge in [0.25, 0.3) is 10.0 Å². The third-order valence-electron chi connectivity index (χ3n) is 2.14. The van der Waals surface area contributed by atoms with E-state index in [-0.39, 0.29) is 15.6 Å². The van der Waals surface area contributed by atoms with Gasteiger partial charge < -0.3 is 4.74 Å². The normalized spacial score (nSPS) is 11.6. The lowest BCUT2D eigenvalue weighted by atomic mass is 10.3. The SMILES string of the molecule is O=S(=O)(Nc1cccc(OC(F)F)c1)c1sccc1Br. The second kappa shape index (κ2) is 6.06. The highest BCUT2D eigenvalue weighted by atomic mass is 79.9. The monoisotopic (exact) mass is 383 g/mol. The molecule has 2 aromatic rings. The van der Waals surface area contributed by atoms with E-state index in [9.17, 15) is 17.2 Å². The van der Waals surface area contributed by atoms with Crippen LogP contribution in [0, 0.1) is 0 Å². The Morgan fingerprint density at radius 2 is 2.05 bits per heavy atom. The smallest absolute Gasteiger partial charge is 0.387 e. The van der Waals surface area contributed by atoms with Gasteiger partial charge in [0, 0.05) is 10.5 Å². The third-order valence-corrected chi connectivity index (χ3v) is 6.19. The molecule has 1 heterocycles. The summed E-state index contributed by atoms with van der Waals surface area (Å²) in [5.74, 6) is -0.120. The van der Waals surface area contributed by atoms with Crippen LogP contribution in [0.25, 0.3) is 0 Å². The molecule has 0 radical (unpaired) electrons. The molecule has 4 nitrogen and oxygen atoms in total. The van der Waals surface area contributed by atoms with Gasteiger partial charge in [-0.15, -0.1) is 11.3 Å². The summed E-state index contributed by atoms with van der Waals surface area (Å²) in [6, 6.07) is 6.96. The van der Waals surface area contributed by atoms with Gasteiger partial charge in [-0.2, -0.15) is 8.78 Å². The Kier molecular flexibility index (Phi) is 4.61. The number of anilines is 1. The summed E-state index contributed by atoms with van der Waals surface area (Å²) in [6.45, 7) is -2.96. The van der Waals surface area contributed by atoms with Crippen molar-refractivity contribution in [1.29, 1.82) is 0 Å². The number of rotatable bonds is 5. The van der Waals surface area contributed by atoms with Crippen molar-refractivity contribution in [3.8, 4) is 5.75 Å². The number of halogens is 3. The van der Waals surface area contributed by atoms with E-state index >= 15 is 0 Å². The van der Waals surface area contributed by atoms with Gasteiger partial charge in [-0.25, -0.2) is 8.42 Å². The molecule has 0 aliphatic carbocycles. The Morgan fingerprint density at radius 1 is 1.30 bits per heavy atom. The number of hydrogen-bond acceptors (Lipinski definition) is 4. The highest BCUT2D eigenvalue weighted by molar-refractivity contribution is 9.10. The molecule has 0 saturated carbocycles. The number of thiophene rings is 1. The van der Waals surface area contributed by atoms with E-state index in [0.29, 0.717) is 4.47 Å². The topological polar surface area (TPSA) is 55.4 Å². The molecule has 1 aromatic carbocycles. The van der Waals surface area contributed by atoms with Gasteiger partial charge in [0.1, 0.15) is 5.75 Å². The third kappa shape index (κ3) is 3.68. The van der Waals surface area contributed by atoms with Gasteiger partial charge in [0.15, 0.2) is 4.21 Å². The summed E-state index contributed by atoms with van der Waals surface area (Å²) >= 11 is 4.17. The number of alkyl halides is 2. The molecule has 0 unspecified atom stereocenters. The summed E-state index contributed by atoms with van der Waals surface area (Å²) in [6.07, 6.45) is 0. The lowest BCUT2D eigenvalue weighted by molar-refractivity contribution is -0.0497. The van der Waals surface area contributed by atoms with Crippen LogP contribution in [-0.4, -0.2) is 15.0 Å². The van der Waals surface area contributed by atoms with E-state index in [4.69, 9.17) is 0 Å². The van der Waals surface area contributed by atoms with Crippen molar-refractivity contribution in [3.05, 3.63) is 40.2 Å². The van der Waals surface area contributed by atoms with Crippen LogP contribution < -0.4 is 9.46 Å². The molecule has 0 aliphatic rings. The summed E-state index contributed by atoms with van der Waals surface area (Å²) in [7, 11) is -3.77. The van der Waals surface area contributed by atoms with Crippen molar-refractivity contribution in [3.63, 3.8) is 0 Å². The van der Waals surface area contributed by atoms with E-state index in [1.165, 1.54) is 24.3 Å². The number of nitrogens with one attached hydrogen (secondary N) is 1. The van der Waals surface area contributed by atoms with Crippen molar-refractivity contribution in [2.45, 2.75) is 10.8 Å². The number of hydrogen-bond donors (Lipinski definition) is 1. The fraction of sp³-hybridized carbons (Fsp3) is 0.0909. The van der Waals surface area contributed by atoms with Crippen LogP contribution in [-0.2, 0) is 10.0 Å². The van der Waals surface area contributed by atoms with Crippen molar-refractivity contribution < 1.29 is 21.9 Å². The minimum Gasteiger partial charge on any atom is -0.435 e. The molecule has 1 aromatic heterocycles. The fourth-order valence-corrected chi connectivity index (χ4v) is 4.80. The minimum atomic E-state index is -3.77. The lowest BCUT2D eigenvalue weighted by Gasteiger charge is -2.09. The predicted molar refractivity (Wildman–Crippen MR) is 75.9 cm³/mol. The van der Waals surface area contributed by atoms with Crippen LogP contribution in [0.4, 0.5) is 14.5 Å². The minimum absolute atomic E-state index is 0.109. The molecule has 2 rings (SSSR count). The molecule has 0 aliphatic heterocycles. The first-order chi connectivity index (χ1) is 9.38. The van der Waals surface area contributed by atoms with Gasteiger partial charge >= 0.3 is 6.61 Å². The lowest BCUT2D eigenvalue weighted by Crippen LogP contribution is -2.12. The Balaban J connectivity index is 2.24. The zero-order valence-corrected chi connectivity index (χ0v) is 12.9. The van der Waals surface area contributed by atoms with Crippen LogP contribution in [0.1, 0.15) is 0 Å². The number of benzene rings is 1. The van der Waals surface area contributed by atoms with Crippen molar-refractivity contribution in [1.82, 2.24) is 0 Å². The van der Waals surface area contributed by atoms with E-state index in [1.807, 2.05) is 0 Å². The Hall–Kier alpha value is -1.19. The maximum absolute atomic E-state index is 12.1. The van der Waals surface area contributed by atoms with E-state index in [0.717, 1.165) is 11.3 Å². The molecule has 9 heteroatoms. The molecule has 0 amide bonds. The van der Waals surface area contributed by atoms with Crippen LogP contribution in [0.2, 0.25) is 0 Å². The largest absolute Gasteiger partial charge is 0.435 e. The summed E-state index contributed by atoms with van der Waals surface area (Å²) < 4.78 is 55.5. The van der Waals surface area contributed by atoms with Crippen molar-refractivity contribution >= 4 is 43.0 Å². The molecule has 0 bridgehead atoms. The zero-order valence-electron chi connectivity index (χ0n) is 9.72.